The molecule has 0 amide bonds. The van der Waals surface area contributed by atoms with E-state index >= 15 is 0 Å². The van der Waals surface area contributed by atoms with E-state index in [0.29, 0.717) is 0 Å². The summed E-state index contributed by atoms with van der Waals surface area (Å²) in [6, 6.07) is 0. The summed E-state index contributed by atoms with van der Waals surface area (Å²) in [6.07, 6.45) is 0. The molecule has 0 radical (unpaired) electrons. The Hall–Kier alpha value is 2.76. The van der Waals surface area contributed by atoms with Crippen molar-refractivity contribution in [2.75, 3.05) is 0 Å². The van der Waals surface area contributed by atoms with Gasteiger partial charge in [-0.2, -0.15) is 0 Å². The highest BCUT2D eigenvalue weighted by atomic mass is 35.5. The second-order valence-electron chi connectivity index (χ2n) is 2.67. The van der Waals surface area contributed by atoms with Crippen molar-refractivity contribution in [3.05, 3.63) is 0 Å². The van der Waals surface area contributed by atoms with Crippen LogP contribution in [0.25, 0.3) is 0 Å². The van der Waals surface area contributed by atoms with Crippen LogP contribution in [0, 0.1) is 0 Å². The molecule has 0 heterocycles. The predicted molar refractivity (Wildman–Crippen MR) is 77.3 cm³/mol. The Labute approximate surface area is 141 Å². The third kappa shape index (κ3) is 5.10. The zero-order chi connectivity index (χ0) is 9.46. The zero-order valence-corrected chi connectivity index (χ0v) is 12.0. The minimum atomic E-state index is -0.437. The van der Waals surface area contributed by atoms with Gasteiger partial charge in [0, 0.05) is 0 Å². The lowest BCUT2D eigenvalue weighted by atomic mass is 9.97. The van der Waals surface area contributed by atoms with E-state index in [0.717, 1.165) is 0 Å². The van der Waals surface area contributed by atoms with Gasteiger partial charge >= 0.3 is 23.1 Å². The number of hydrogen-bond acceptors (Lipinski definition) is 0. The Morgan fingerprint density at radius 2 is 0.533 bits per heavy atom. The van der Waals surface area contributed by atoms with Crippen LogP contribution in [0.15, 0.2) is 0 Å². The first-order chi connectivity index (χ1) is 5.46. The van der Waals surface area contributed by atoms with Crippen LogP contribution in [0.4, 0.5) is 0 Å². The monoisotopic (exact) mass is 368 g/mol. The maximum Gasteiger partial charge on any atom is 0.316 e. The molecule has 0 aromatic rings. The number of alkyl halides is 6. The van der Waals surface area contributed by atoms with Crippen LogP contribution in [0.3, 0.4) is 0 Å². The lowest BCUT2D eigenvalue weighted by molar-refractivity contribution is 0.544. The third-order valence-electron chi connectivity index (χ3n) is 1.83. The van der Waals surface area contributed by atoms with Crippen molar-refractivity contribution >= 4 is 105 Å². The summed E-state index contributed by atoms with van der Waals surface area (Å²) in [7, 11) is 0. The van der Waals surface area contributed by atoms with E-state index in [1.54, 1.807) is 0 Å². The first-order valence-corrected chi connectivity index (χ1v) is 5.93. The zero-order valence-electron chi connectivity index (χ0n) is 6.64. The van der Waals surface area contributed by atoms with Gasteiger partial charge in [0.1, 0.15) is 0 Å². The minimum Gasteiger partial charge on any atom is -0.412 e. The average Bonchev–Trinajstić information content (AvgIpc) is 2.08. The molecule has 0 aliphatic heterocycles. The Kier molecular flexibility index (Phi) is 14.7. The summed E-state index contributed by atoms with van der Waals surface area (Å²) in [5.74, 6) is 0. The molecule has 15 heavy (non-hydrogen) atoms. The number of halogens is 7. The fraction of sp³-hybridized carbons (Fsp3) is 1.00. The summed E-state index contributed by atoms with van der Waals surface area (Å²) >= 11 is 35.3. The van der Waals surface area contributed by atoms with E-state index in [4.69, 9.17) is 69.6 Å². The molecule has 0 unspecified atom stereocenters. The molecule has 0 spiro atoms. The van der Waals surface area contributed by atoms with Gasteiger partial charge in [-0.3, -0.25) is 0 Å². The van der Waals surface area contributed by atoms with E-state index in [1.165, 1.54) is 0 Å². The maximum atomic E-state index is 5.88. The van der Waals surface area contributed by atoms with Crippen LogP contribution in [0.1, 0.15) is 0 Å². The molecule has 1 fully saturated rings. The summed E-state index contributed by atoms with van der Waals surface area (Å²) < 4.78 is 0. The number of hydrogen-bond donors (Lipinski definition) is 0. The minimum absolute atomic E-state index is 0. The smallest absolute Gasteiger partial charge is 0.316 e. The van der Waals surface area contributed by atoms with E-state index < -0.39 is 32.3 Å². The standard InChI is InChI=1S/C6H6Cl6.ClH.Mg.H2O.2H/c7-1-2(8)4(10)6(12)5(11)3(1)9;;;;;/h1-6H;1H;;1H2;;/t1-,2-,3-,4+,5+,6+;;;;;. The topological polar surface area (TPSA) is 31.5 Å². The molecule has 0 atom stereocenters. The third-order valence-corrected chi connectivity index (χ3v) is 5.86. The molecule has 0 aromatic carbocycles. The Morgan fingerprint density at radius 1 is 0.467 bits per heavy atom. The van der Waals surface area contributed by atoms with Crippen molar-refractivity contribution < 1.29 is 5.48 Å². The number of rotatable bonds is 0. The van der Waals surface area contributed by atoms with Gasteiger partial charge < -0.3 is 5.48 Å². The van der Waals surface area contributed by atoms with Gasteiger partial charge in [0.2, 0.25) is 0 Å². The molecule has 1 saturated carbocycles. The Bertz CT molecular complexity index is 115. The Morgan fingerprint density at radius 3 is 0.600 bits per heavy atom. The lowest BCUT2D eigenvalue weighted by Crippen LogP contribution is -2.52. The molecule has 1 nitrogen and oxygen atoms in total. The fourth-order valence-electron chi connectivity index (χ4n) is 1.05. The van der Waals surface area contributed by atoms with E-state index in [9.17, 15) is 0 Å². The summed E-state index contributed by atoms with van der Waals surface area (Å²) in [4.78, 5) is 0. The second-order valence-corrected chi connectivity index (χ2v) is 5.69. The second kappa shape index (κ2) is 9.66. The highest BCUT2D eigenvalue weighted by molar-refractivity contribution is 6.45. The van der Waals surface area contributed by atoms with Crippen molar-refractivity contribution in [1.29, 1.82) is 0 Å². The van der Waals surface area contributed by atoms with E-state index in [1.807, 2.05) is 0 Å². The van der Waals surface area contributed by atoms with Crippen molar-refractivity contribution in [3.63, 3.8) is 0 Å². The molecular formula is C6H11Cl7MgO. The highest BCUT2D eigenvalue weighted by Gasteiger charge is 2.46. The van der Waals surface area contributed by atoms with Crippen LogP contribution in [0.2, 0.25) is 0 Å². The van der Waals surface area contributed by atoms with Crippen molar-refractivity contribution in [1.82, 2.24) is 0 Å². The average molecular weight is 372 g/mol. The molecule has 2 N–H and O–H groups in total. The molecule has 0 saturated heterocycles. The maximum absolute atomic E-state index is 5.88. The van der Waals surface area contributed by atoms with Gasteiger partial charge in [-0.05, 0) is 0 Å². The van der Waals surface area contributed by atoms with Gasteiger partial charge in [0.15, 0.2) is 0 Å². The fourth-order valence-corrected chi connectivity index (χ4v) is 3.38. The highest BCUT2D eigenvalue weighted by Crippen LogP contribution is 2.39. The van der Waals surface area contributed by atoms with Crippen LogP contribution in [-0.4, -0.2) is 60.8 Å². The molecule has 0 bridgehead atoms. The molecule has 0 aromatic heterocycles. The summed E-state index contributed by atoms with van der Waals surface area (Å²) in [6.45, 7) is 0. The summed E-state index contributed by atoms with van der Waals surface area (Å²) in [5.41, 5.74) is 0. The lowest BCUT2D eigenvalue weighted by Gasteiger charge is -2.37. The molecule has 1 aliphatic rings. The van der Waals surface area contributed by atoms with Gasteiger partial charge in [0.25, 0.3) is 0 Å². The molecule has 1 rings (SSSR count). The molecular weight excluding hydrogens is 361 g/mol. The van der Waals surface area contributed by atoms with Gasteiger partial charge in [-0.1, -0.05) is 0 Å². The van der Waals surface area contributed by atoms with E-state index in [-0.39, 0.29) is 40.9 Å². The molecule has 9 heteroatoms. The SMILES string of the molecule is Cl.Cl[C@H]1[C@H](Cl)[C@@H](Cl)[C@@H](Cl)[C@H](Cl)[C@H]1Cl.O.[MgH2]. The largest absolute Gasteiger partial charge is 0.412 e. The van der Waals surface area contributed by atoms with Crippen molar-refractivity contribution in [3.8, 4) is 0 Å². The van der Waals surface area contributed by atoms with Crippen molar-refractivity contribution in [2.45, 2.75) is 32.3 Å². The summed E-state index contributed by atoms with van der Waals surface area (Å²) in [5, 5.41) is -2.62. The van der Waals surface area contributed by atoms with Crippen LogP contribution >= 0.6 is 82.0 Å². The van der Waals surface area contributed by atoms with Crippen LogP contribution < -0.4 is 0 Å². The van der Waals surface area contributed by atoms with Crippen LogP contribution in [0.5, 0.6) is 0 Å². The Balaban J connectivity index is -0.000000480. The van der Waals surface area contributed by atoms with Crippen LogP contribution in [-0.2, 0) is 0 Å². The van der Waals surface area contributed by atoms with Crippen molar-refractivity contribution in [2.24, 2.45) is 0 Å². The van der Waals surface area contributed by atoms with Gasteiger partial charge in [0.05, 0.1) is 32.3 Å². The molecule has 1 aliphatic carbocycles. The van der Waals surface area contributed by atoms with E-state index in [2.05, 4.69) is 0 Å². The molecule has 92 valence electrons. The quantitative estimate of drug-likeness (QED) is 0.462. The normalized spacial score (nSPS) is 44.4. The predicted octanol–water partition coefficient (Wildman–Crippen LogP) is 2.33. The first-order valence-electron chi connectivity index (χ1n) is 3.31. The first kappa shape index (κ1) is 22.9. The van der Waals surface area contributed by atoms with Gasteiger partial charge in [-0.15, -0.1) is 82.0 Å². The van der Waals surface area contributed by atoms with Gasteiger partial charge in [-0.25, -0.2) is 0 Å².